The van der Waals surface area contributed by atoms with Crippen molar-refractivity contribution in [1.29, 1.82) is 0 Å². The summed E-state index contributed by atoms with van der Waals surface area (Å²) in [5.74, 6) is -1.69. The first-order valence-electron chi connectivity index (χ1n) is 8.52. The molecule has 0 radical (unpaired) electrons. The SMILES string of the molecule is CCOC(=O)C(O)C(O)CC[C@@H](O)[C@@H]1CC[C@H]([C@H](O)C(=O)OCC)O1. The fourth-order valence-electron chi connectivity index (χ4n) is 2.65. The summed E-state index contributed by atoms with van der Waals surface area (Å²) in [6.07, 6.45) is -5.93. The van der Waals surface area contributed by atoms with Crippen LogP contribution in [0.15, 0.2) is 0 Å². The molecule has 25 heavy (non-hydrogen) atoms. The van der Waals surface area contributed by atoms with Crippen LogP contribution in [0.3, 0.4) is 0 Å². The van der Waals surface area contributed by atoms with Gasteiger partial charge in [-0.05, 0) is 39.5 Å². The van der Waals surface area contributed by atoms with E-state index in [4.69, 9.17) is 9.47 Å². The molecular weight excluding hydrogens is 336 g/mol. The third-order valence-corrected chi connectivity index (χ3v) is 4.05. The minimum Gasteiger partial charge on any atom is -0.464 e. The molecule has 0 saturated carbocycles. The van der Waals surface area contributed by atoms with Gasteiger partial charge in [0.2, 0.25) is 0 Å². The summed E-state index contributed by atoms with van der Waals surface area (Å²) in [5.41, 5.74) is 0. The van der Waals surface area contributed by atoms with E-state index in [9.17, 15) is 30.0 Å². The minimum atomic E-state index is -1.67. The van der Waals surface area contributed by atoms with Crippen LogP contribution in [0.5, 0.6) is 0 Å². The monoisotopic (exact) mass is 364 g/mol. The van der Waals surface area contributed by atoms with Crippen molar-refractivity contribution in [2.75, 3.05) is 13.2 Å². The van der Waals surface area contributed by atoms with Gasteiger partial charge in [-0.3, -0.25) is 0 Å². The van der Waals surface area contributed by atoms with Gasteiger partial charge in [0, 0.05) is 0 Å². The van der Waals surface area contributed by atoms with E-state index in [1.54, 1.807) is 13.8 Å². The van der Waals surface area contributed by atoms with Crippen molar-refractivity contribution in [3.63, 3.8) is 0 Å². The second-order valence-electron chi connectivity index (χ2n) is 5.90. The number of carbonyl (C=O) groups excluding carboxylic acids is 2. The number of aliphatic hydroxyl groups excluding tert-OH is 4. The lowest BCUT2D eigenvalue weighted by atomic mass is 10.0. The molecule has 9 heteroatoms. The summed E-state index contributed by atoms with van der Waals surface area (Å²) < 4.78 is 14.8. The molecule has 0 bridgehead atoms. The van der Waals surface area contributed by atoms with Gasteiger partial charge in [-0.25, -0.2) is 9.59 Å². The molecule has 0 amide bonds. The predicted octanol–water partition coefficient (Wildman–Crippen LogP) is -1.12. The molecule has 2 unspecified atom stereocenters. The van der Waals surface area contributed by atoms with Crippen molar-refractivity contribution in [3.05, 3.63) is 0 Å². The van der Waals surface area contributed by atoms with E-state index < -0.39 is 48.6 Å². The van der Waals surface area contributed by atoms with Gasteiger partial charge in [-0.1, -0.05) is 0 Å². The number of ether oxygens (including phenoxy) is 3. The maximum absolute atomic E-state index is 11.5. The molecule has 1 fully saturated rings. The first kappa shape index (κ1) is 21.8. The normalized spacial score (nSPS) is 25.0. The Morgan fingerprint density at radius 1 is 0.960 bits per heavy atom. The van der Waals surface area contributed by atoms with Gasteiger partial charge in [-0.2, -0.15) is 0 Å². The van der Waals surface area contributed by atoms with Gasteiger partial charge in [0.15, 0.2) is 12.2 Å². The summed E-state index contributed by atoms with van der Waals surface area (Å²) in [7, 11) is 0. The van der Waals surface area contributed by atoms with E-state index in [0.717, 1.165) is 0 Å². The smallest absolute Gasteiger partial charge is 0.337 e. The van der Waals surface area contributed by atoms with Gasteiger partial charge in [0.05, 0.1) is 37.6 Å². The predicted molar refractivity (Wildman–Crippen MR) is 84.4 cm³/mol. The summed E-state index contributed by atoms with van der Waals surface area (Å²) >= 11 is 0. The van der Waals surface area contributed by atoms with E-state index in [-0.39, 0.29) is 26.1 Å². The zero-order valence-corrected chi connectivity index (χ0v) is 14.5. The Labute approximate surface area is 146 Å². The van der Waals surface area contributed by atoms with Crippen molar-refractivity contribution in [3.8, 4) is 0 Å². The van der Waals surface area contributed by atoms with Crippen molar-refractivity contribution in [2.24, 2.45) is 0 Å². The highest BCUT2D eigenvalue weighted by molar-refractivity contribution is 5.75. The third-order valence-electron chi connectivity index (χ3n) is 4.05. The van der Waals surface area contributed by atoms with Gasteiger partial charge in [-0.15, -0.1) is 0 Å². The molecule has 146 valence electrons. The lowest BCUT2D eigenvalue weighted by molar-refractivity contribution is -0.163. The second-order valence-corrected chi connectivity index (χ2v) is 5.90. The molecule has 1 aliphatic rings. The average molecular weight is 364 g/mol. The first-order chi connectivity index (χ1) is 11.8. The van der Waals surface area contributed by atoms with Crippen molar-refractivity contribution < 1.29 is 44.2 Å². The molecule has 1 heterocycles. The van der Waals surface area contributed by atoms with Gasteiger partial charge >= 0.3 is 11.9 Å². The number of carbonyl (C=O) groups is 2. The van der Waals surface area contributed by atoms with Crippen LogP contribution in [0.25, 0.3) is 0 Å². The van der Waals surface area contributed by atoms with Crippen LogP contribution in [0.2, 0.25) is 0 Å². The topological polar surface area (TPSA) is 143 Å². The molecule has 0 aromatic heterocycles. The molecule has 0 aromatic carbocycles. The number of aliphatic hydroxyl groups is 4. The number of rotatable bonds is 10. The number of hydrogen-bond acceptors (Lipinski definition) is 9. The molecule has 6 atom stereocenters. The fraction of sp³-hybridized carbons (Fsp3) is 0.875. The summed E-state index contributed by atoms with van der Waals surface area (Å²) in [4.78, 5) is 22.8. The quantitative estimate of drug-likeness (QED) is 0.355. The van der Waals surface area contributed by atoms with Crippen LogP contribution in [-0.4, -0.2) is 82.2 Å². The molecule has 0 aromatic rings. The molecule has 1 saturated heterocycles. The van der Waals surface area contributed by atoms with Crippen LogP contribution < -0.4 is 0 Å². The van der Waals surface area contributed by atoms with E-state index in [2.05, 4.69) is 4.74 Å². The Hall–Kier alpha value is -1.26. The van der Waals surface area contributed by atoms with Crippen molar-refractivity contribution in [2.45, 2.75) is 76.2 Å². The highest BCUT2D eigenvalue weighted by Gasteiger charge is 2.38. The average Bonchev–Trinajstić information content (AvgIpc) is 3.08. The van der Waals surface area contributed by atoms with Crippen LogP contribution in [0.1, 0.15) is 39.5 Å². The Morgan fingerprint density at radius 2 is 1.52 bits per heavy atom. The zero-order valence-electron chi connectivity index (χ0n) is 14.5. The maximum Gasteiger partial charge on any atom is 0.337 e. The summed E-state index contributed by atoms with van der Waals surface area (Å²) in [6.45, 7) is 3.45. The third kappa shape index (κ3) is 6.52. The zero-order chi connectivity index (χ0) is 19.0. The maximum atomic E-state index is 11.5. The molecule has 4 N–H and O–H groups in total. The van der Waals surface area contributed by atoms with Crippen LogP contribution in [-0.2, 0) is 23.8 Å². The first-order valence-corrected chi connectivity index (χ1v) is 8.52. The van der Waals surface area contributed by atoms with E-state index >= 15 is 0 Å². The minimum absolute atomic E-state index is 0.0356. The molecule has 0 aliphatic carbocycles. The lowest BCUT2D eigenvalue weighted by Gasteiger charge is -2.23. The molecule has 9 nitrogen and oxygen atoms in total. The van der Waals surface area contributed by atoms with Gasteiger partial charge in [0.25, 0.3) is 0 Å². The van der Waals surface area contributed by atoms with Crippen molar-refractivity contribution in [1.82, 2.24) is 0 Å². The summed E-state index contributed by atoms with van der Waals surface area (Å²) in [6, 6.07) is 0. The van der Waals surface area contributed by atoms with E-state index in [1.807, 2.05) is 0 Å². The lowest BCUT2D eigenvalue weighted by Crippen LogP contribution is -2.38. The second kappa shape index (κ2) is 10.7. The molecule has 0 spiro atoms. The highest BCUT2D eigenvalue weighted by Crippen LogP contribution is 2.27. The Morgan fingerprint density at radius 3 is 2.12 bits per heavy atom. The standard InChI is InChI=1S/C16H28O9/c1-3-23-15(21)13(19)10(18)6-5-9(17)11-7-8-12(25-11)14(20)16(22)24-4-2/h9-14,17-20H,3-8H2,1-2H3/t9-,10?,11+,12-,13?,14+/m1/s1. The Balaban J connectivity index is 2.40. The highest BCUT2D eigenvalue weighted by atomic mass is 16.6. The van der Waals surface area contributed by atoms with E-state index in [0.29, 0.717) is 12.8 Å². The summed E-state index contributed by atoms with van der Waals surface area (Å²) in [5, 5.41) is 39.4. The molecule has 1 aliphatic heterocycles. The van der Waals surface area contributed by atoms with Crippen LogP contribution in [0.4, 0.5) is 0 Å². The van der Waals surface area contributed by atoms with Crippen LogP contribution >= 0.6 is 0 Å². The largest absolute Gasteiger partial charge is 0.464 e. The van der Waals surface area contributed by atoms with Gasteiger partial charge < -0.3 is 34.6 Å². The molecule has 1 rings (SSSR count). The van der Waals surface area contributed by atoms with E-state index in [1.165, 1.54) is 0 Å². The fourth-order valence-corrected chi connectivity index (χ4v) is 2.65. The Bertz CT molecular complexity index is 428. The van der Waals surface area contributed by atoms with Crippen molar-refractivity contribution >= 4 is 11.9 Å². The number of hydrogen-bond donors (Lipinski definition) is 4. The number of esters is 2. The Kier molecular flexibility index (Phi) is 9.30. The molecular formula is C16H28O9. The van der Waals surface area contributed by atoms with Gasteiger partial charge in [0.1, 0.15) is 0 Å². The van der Waals surface area contributed by atoms with Crippen LogP contribution in [0, 0.1) is 0 Å².